The van der Waals surface area contributed by atoms with Crippen LogP contribution in [0, 0.1) is 13.8 Å². The third-order valence-electron chi connectivity index (χ3n) is 3.97. The van der Waals surface area contributed by atoms with E-state index in [0.717, 1.165) is 37.2 Å². The Hall–Kier alpha value is -1.20. The van der Waals surface area contributed by atoms with Gasteiger partial charge in [-0.3, -0.25) is 4.79 Å². The van der Waals surface area contributed by atoms with E-state index in [1.165, 1.54) is 0 Å². The standard InChI is InChI=1S/C16H30N4O/c1-11(2)20(6)10-8-7-9-17-12(3)15-13(4)18-14(5)19-16(15)21/h11-12,17H,7-10H2,1-6H3,(H,18,19,21). The maximum Gasteiger partial charge on any atom is 0.255 e. The second-order valence-electron chi connectivity index (χ2n) is 6.11. The molecule has 0 aliphatic rings. The highest BCUT2D eigenvalue weighted by Crippen LogP contribution is 2.10. The molecule has 120 valence electrons. The van der Waals surface area contributed by atoms with E-state index in [1.807, 2.05) is 20.8 Å². The molecule has 1 atom stereocenters. The lowest BCUT2D eigenvalue weighted by atomic mass is 10.1. The van der Waals surface area contributed by atoms with Gasteiger partial charge in [0.05, 0.1) is 5.56 Å². The summed E-state index contributed by atoms with van der Waals surface area (Å²) in [5, 5.41) is 3.42. The highest BCUT2D eigenvalue weighted by molar-refractivity contribution is 5.19. The van der Waals surface area contributed by atoms with Gasteiger partial charge in [-0.2, -0.15) is 0 Å². The van der Waals surface area contributed by atoms with Gasteiger partial charge in [-0.25, -0.2) is 4.98 Å². The molecule has 1 aromatic rings. The van der Waals surface area contributed by atoms with E-state index >= 15 is 0 Å². The van der Waals surface area contributed by atoms with Crippen LogP contribution in [0.25, 0.3) is 0 Å². The van der Waals surface area contributed by atoms with E-state index in [4.69, 9.17) is 0 Å². The van der Waals surface area contributed by atoms with Crippen molar-refractivity contribution in [3.63, 3.8) is 0 Å². The van der Waals surface area contributed by atoms with E-state index in [0.29, 0.717) is 11.9 Å². The van der Waals surface area contributed by atoms with Crippen molar-refractivity contribution in [3.8, 4) is 0 Å². The van der Waals surface area contributed by atoms with Gasteiger partial charge in [0.2, 0.25) is 0 Å². The highest BCUT2D eigenvalue weighted by atomic mass is 16.1. The number of hydrogen-bond donors (Lipinski definition) is 2. The van der Waals surface area contributed by atoms with Crippen molar-refractivity contribution in [1.29, 1.82) is 0 Å². The van der Waals surface area contributed by atoms with Gasteiger partial charge < -0.3 is 15.2 Å². The zero-order valence-corrected chi connectivity index (χ0v) is 14.3. The molecule has 0 saturated heterocycles. The number of aromatic amines is 1. The topological polar surface area (TPSA) is 61.0 Å². The van der Waals surface area contributed by atoms with Gasteiger partial charge in [-0.15, -0.1) is 0 Å². The monoisotopic (exact) mass is 294 g/mol. The van der Waals surface area contributed by atoms with Crippen LogP contribution in [0.3, 0.4) is 0 Å². The molecule has 0 spiro atoms. The molecule has 21 heavy (non-hydrogen) atoms. The van der Waals surface area contributed by atoms with Crippen LogP contribution < -0.4 is 10.9 Å². The highest BCUT2D eigenvalue weighted by Gasteiger charge is 2.13. The molecule has 1 unspecified atom stereocenters. The molecule has 5 nitrogen and oxygen atoms in total. The van der Waals surface area contributed by atoms with Crippen LogP contribution in [-0.2, 0) is 0 Å². The minimum atomic E-state index is -0.0282. The Bertz CT molecular complexity index is 496. The molecular weight excluding hydrogens is 264 g/mol. The first kappa shape index (κ1) is 17.9. The van der Waals surface area contributed by atoms with Crippen LogP contribution in [0.4, 0.5) is 0 Å². The minimum absolute atomic E-state index is 0.0282. The molecule has 2 N–H and O–H groups in total. The summed E-state index contributed by atoms with van der Waals surface area (Å²) in [7, 11) is 2.15. The Balaban J connectivity index is 2.41. The van der Waals surface area contributed by atoms with Crippen LogP contribution in [0.1, 0.15) is 56.7 Å². The summed E-state index contributed by atoms with van der Waals surface area (Å²) in [6.07, 6.45) is 2.27. The molecule has 1 heterocycles. The van der Waals surface area contributed by atoms with Gasteiger partial charge in [0.1, 0.15) is 5.82 Å². The molecule has 5 heteroatoms. The average molecular weight is 294 g/mol. The van der Waals surface area contributed by atoms with Gasteiger partial charge in [-0.1, -0.05) is 0 Å². The Morgan fingerprint density at radius 3 is 2.48 bits per heavy atom. The fourth-order valence-corrected chi connectivity index (χ4v) is 2.41. The van der Waals surface area contributed by atoms with Crippen LogP contribution in [0.5, 0.6) is 0 Å². The number of unbranched alkanes of at least 4 members (excludes halogenated alkanes) is 1. The summed E-state index contributed by atoms with van der Waals surface area (Å²) >= 11 is 0. The van der Waals surface area contributed by atoms with Crippen molar-refractivity contribution in [2.24, 2.45) is 0 Å². The molecule has 0 radical (unpaired) electrons. The third kappa shape index (κ3) is 5.59. The predicted molar refractivity (Wildman–Crippen MR) is 87.7 cm³/mol. The van der Waals surface area contributed by atoms with Gasteiger partial charge in [0.25, 0.3) is 5.56 Å². The van der Waals surface area contributed by atoms with Gasteiger partial charge >= 0.3 is 0 Å². The van der Waals surface area contributed by atoms with Crippen molar-refractivity contribution in [2.45, 2.75) is 59.5 Å². The van der Waals surface area contributed by atoms with Crippen LogP contribution in [0.2, 0.25) is 0 Å². The summed E-state index contributed by atoms with van der Waals surface area (Å²) < 4.78 is 0. The SMILES string of the molecule is Cc1nc(C)c(C(C)NCCCCN(C)C(C)C)c(=O)[nH]1. The molecule has 0 fully saturated rings. The molecule has 0 aliphatic heterocycles. The Morgan fingerprint density at radius 2 is 1.90 bits per heavy atom. The Morgan fingerprint density at radius 1 is 1.24 bits per heavy atom. The maximum atomic E-state index is 12.0. The maximum absolute atomic E-state index is 12.0. The first-order chi connectivity index (χ1) is 9.82. The summed E-state index contributed by atoms with van der Waals surface area (Å²) in [4.78, 5) is 21.5. The fraction of sp³-hybridized carbons (Fsp3) is 0.750. The molecule has 0 bridgehead atoms. The van der Waals surface area contributed by atoms with E-state index < -0.39 is 0 Å². The quantitative estimate of drug-likeness (QED) is 0.721. The molecular formula is C16H30N4O. The molecule has 1 aromatic heterocycles. The second kappa shape index (κ2) is 8.29. The largest absolute Gasteiger partial charge is 0.310 e. The third-order valence-corrected chi connectivity index (χ3v) is 3.97. The smallest absolute Gasteiger partial charge is 0.255 e. The van der Waals surface area contributed by atoms with E-state index in [-0.39, 0.29) is 11.6 Å². The molecule has 0 aliphatic carbocycles. The second-order valence-corrected chi connectivity index (χ2v) is 6.11. The van der Waals surface area contributed by atoms with E-state index in [1.54, 1.807) is 0 Å². The van der Waals surface area contributed by atoms with Crippen molar-refractivity contribution < 1.29 is 0 Å². The van der Waals surface area contributed by atoms with Crippen molar-refractivity contribution >= 4 is 0 Å². The first-order valence-electron chi connectivity index (χ1n) is 7.84. The number of rotatable bonds is 8. The molecule has 0 aromatic carbocycles. The van der Waals surface area contributed by atoms with Crippen molar-refractivity contribution in [1.82, 2.24) is 20.2 Å². The molecule has 0 saturated carbocycles. The van der Waals surface area contributed by atoms with Crippen LogP contribution >= 0.6 is 0 Å². The summed E-state index contributed by atoms with van der Waals surface area (Å²) in [5.41, 5.74) is 1.54. The zero-order chi connectivity index (χ0) is 16.0. The first-order valence-corrected chi connectivity index (χ1v) is 7.84. The van der Waals surface area contributed by atoms with Crippen molar-refractivity contribution in [3.05, 3.63) is 27.4 Å². The van der Waals surface area contributed by atoms with Crippen LogP contribution in [0.15, 0.2) is 4.79 Å². The summed E-state index contributed by atoms with van der Waals surface area (Å²) in [5.74, 6) is 0.671. The Labute approximate surface area is 128 Å². The fourth-order valence-electron chi connectivity index (χ4n) is 2.41. The lowest BCUT2D eigenvalue weighted by Gasteiger charge is -2.21. The van der Waals surface area contributed by atoms with Crippen LogP contribution in [-0.4, -0.2) is 41.0 Å². The molecule has 0 amide bonds. The minimum Gasteiger partial charge on any atom is -0.310 e. The number of hydrogen-bond acceptors (Lipinski definition) is 4. The normalized spacial score (nSPS) is 13.1. The zero-order valence-electron chi connectivity index (χ0n) is 14.3. The summed E-state index contributed by atoms with van der Waals surface area (Å²) in [6, 6.07) is 0.626. The molecule has 1 rings (SSSR count). The predicted octanol–water partition coefficient (Wildman–Crippen LogP) is 2.16. The average Bonchev–Trinajstić information content (AvgIpc) is 2.36. The van der Waals surface area contributed by atoms with Crippen molar-refractivity contribution in [2.75, 3.05) is 20.1 Å². The van der Waals surface area contributed by atoms with E-state index in [2.05, 4.69) is 41.1 Å². The van der Waals surface area contributed by atoms with Gasteiger partial charge in [0, 0.05) is 17.8 Å². The Kier molecular flexibility index (Phi) is 7.05. The van der Waals surface area contributed by atoms with Gasteiger partial charge in [0.15, 0.2) is 0 Å². The number of nitrogens with zero attached hydrogens (tertiary/aromatic N) is 2. The summed E-state index contributed by atoms with van der Waals surface area (Å²) in [6.45, 7) is 12.2. The number of aryl methyl sites for hydroxylation is 2. The number of nitrogens with one attached hydrogen (secondary N) is 2. The number of aromatic nitrogens is 2. The van der Waals surface area contributed by atoms with Gasteiger partial charge in [-0.05, 0) is 67.6 Å². The number of H-pyrrole nitrogens is 1. The lowest BCUT2D eigenvalue weighted by molar-refractivity contribution is 0.267. The van der Waals surface area contributed by atoms with E-state index in [9.17, 15) is 4.79 Å². The lowest BCUT2D eigenvalue weighted by Crippen LogP contribution is -2.30.